The fourth-order valence-corrected chi connectivity index (χ4v) is 6.80. The third-order valence-electron chi connectivity index (χ3n) is 9.97. The summed E-state index contributed by atoms with van der Waals surface area (Å²) >= 11 is 0. The Morgan fingerprint density at radius 3 is 2.19 bits per heavy atom. The van der Waals surface area contributed by atoms with E-state index in [4.69, 9.17) is 9.15 Å². The van der Waals surface area contributed by atoms with Gasteiger partial charge in [0.15, 0.2) is 0 Å². The number of carbonyl (C=O) groups is 2. The number of ether oxygens (including phenoxy) is 1. The third kappa shape index (κ3) is 8.88. The van der Waals surface area contributed by atoms with Crippen molar-refractivity contribution < 1.29 is 37.0 Å². The second kappa shape index (κ2) is 16.4. The predicted molar refractivity (Wildman–Crippen MR) is 193 cm³/mol. The second-order valence-corrected chi connectivity index (χ2v) is 13.2. The molecule has 2 saturated heterocycles. The molecule has 13 heteroatoms. The number of hydrogen-bond donors (Lipinski definition) is 1. The average molecular weight is 722 g/mol. The maximum absolute atomic E-state index is 13.1. The summed E-state index contributed by atoms with van der Waals surface area (Å²) in [6.45, 7) is 11.8. The van der Waals surface area contributed by atoms with Gasteiger partial charge in [-0.25, -0.2) is 0 Å². The summed E-state index contributed by atoms with van der Waals surface area (Å²) in [6, 6.07) is 19.8. The number of halogens is 3. The Hall–Kier alpha value is -4.59. The number of benzene rings is 3. The number of nitrogens with zero attached hydrogens (tertiary/aromatic N) is 5. The molecule has 10 nitrogen and oxygen atoms in total. The van der Waals surface area contributed by atoms with Gasteiger partial charge >= 0.3 is 6.18 Å². The summed E-state index contributed by atoms with van der Waals surface area (Å²) in [4.78, 5) is 35.8. The highest BCUT2D eigenvalue weighted by molar-refractivity contribution is 5.94. The van der Waals surface area contributed by atoms with Gasteiger partial charge in [0.25, 0.3) is 5.91 Å². The molecule has 0 aliphatic carbocycles. The second-order valence-electron chi connectivity index (χ2n) is 13.2. The molecule has 6 rings (SSSR count). The molecule has 1 atom stereocenters. The Morgan fingerprint density at radius 2 is 1.52 bits per heavy atom. The van der Waals surface area contributed by atoms with Gasteiger partial charge in [0.1, 0.15) is 29.8 Å². The number of carbonyl (C=O) groups excluding carboxylic acids is 2. The normalized spacial score (nSPS) is 16.7. The van der Waals surface area contributed by atoms with E-state index in [1.807, 2.05) is 52.3 Å². The molecule has 2 amide bonds. The Morgan fingerprint density at radius 1 is 0.846 bits per heavy atom. The Bertz CT molecular complexity index is 1810. The van der Waals surface area contributed by atoms with Gasteiger partial charge in [-0.2, -0.15) is 13.2 Å². The van der Waals surface area contributed by atoms with E-state index >= 15 is 0 Å². The Balaban J connectivity index is 0.894. The number of aliphatic hydroxyl groups excluding tert-OH is 1. The summed E-state index contributed by atoms with van der Waals surface area (Å²) in [5, 5.41) is 12.0. The molecule has 3 heterocycles. The highest BCUT2D eigenvalue weighted by atomic mass is 19.4. The SMILES string of the molecule is CCN(CC)c1ccc2cc(C(O)c3ccc(OCCN4CCN(C(=O)CN5CCN(C(=O)c6cccc(C(F)(F)F)c6)CC5)CC4)cc3)oc2c1. The van der Waals surface area contributed by atoms with Crippen LogP contribution in [0.25, 0.3) is 11.0 Å². The van der Waals surface area contributed by atoms with E-state index in [2.05, 4.69) is 29.7 Å². The topological polar surface area (TPSA) is 92.9 Å². The number of amides is 2. The van der Waals surface area contributed by atoms with Crippen molar-refractivity contribution >= 4 is 28.5 Å². The van der Waals surface area contributed by atoms with E-state index in [1.165, 1.54) is 12.1 Å². The first-order chi connectivity index (χ1) is 25.0. The molecule has 0 radical (unpaired) electrons. The van der Waals surface area contributed by atoms with Crippen LogP contribution < -0.4 is 9.64 Å². The monoisotopic (exact) mass is 721 g/mol. The number of hydrogen-bond acceptors (Lipinski definition) is 8. The molecule has 278 valence electrons. The minimum atomic E-state index is -4.51. The maximum Gasteiger partial charge on any atom is 0.416 e. The first-order valence-electron chi connectivity index (χ1n) is 17.9. The van der Waals surface area contributed by atoms with E-state index in [9.17, 15) is 27.9 Å². The van der Waals surface area contributed by atoms with Crippen LogP contribution in [-0.4, -0.2) is 122 Å². The van der Waals surface area contributed by atoms with Crippen molar-refractivity contribution in [2.45, 2.75) is 26.1 Å². The quantitative estimate of drug-likeness (QED) is 0.209. The van der Waals surface area contributed by atoms with Gasteiger partial charge in [0.2, 0.25) is 5.91 Å². The van der Waals surface area contributed by atoms with Crippen molar-refractivity contribution in [2.24, 2.45) is 0 Å². The van der Waals surface area contributed by atoms with Crippen LogP contribution in [0.3, 0.4) is 0 Å². The summed E-state index contributed by atoms with van der Waals surface area (Å²) in [5.74, 6) is 0.791. The molecular formula is C39H46F3N5O5. The summed E-state index contributed by atoms with van der Waals surface area (Å²) < 4.78 is 51.3. The highest BCUT2D eigenvalue weighted by Gasteiger charge is 2.32. The highest BCUT2D eigenvalue weighted by Crippen LogP contribution is 2.32. The van der Waals surface area contributed by atoms with Crippen molar-refractivity contribution in [1.82, 2.24) is 19.6 Å². The van der Waals surface area contributed by atoms with E-state index in [0.29, 0.717) is 69.5 Å². The molecule has 2 aliphatic heterocycles. The van der Waals surface area contributed by atoms with E-state index in [1.54, 1.807) is 4.90 Å². The van der Waals surface area contributed by atoms with E-state index < -0.39 is 23.8 Å². The molecular weight excluding hydrogens is 675 g/mol. The minimum absolute atomic E-state index is 0.0139. The van der Waals surface area contributed by atoms with E-state index in [0.717, 1.165) is 55.0 Å². The lowest BCUT2D eigenvalue weighted by Crippen LogP contribution is -2.54. The number of alkyl halides is 3. The molecule has 52 heavy (non-hydrogen) atoms. The molecule has 1 N–H and O–H groups in total. The number of rotatable bonds is 12. The standard InChI is InChI=1S/C39H46F3N5O5/c1-3-45(4-2)32-11-8-29-25-35(52-34(29)26-32)37(49)28-9-12-33(13-10-28)51-23-22-43-14-18-46(19-15-43)36(48)27-44-16-20-47(21-17-44)38(50)30-6-5-7-31(24-30)39(40,41)42/h5-13,24-26,37,49H,3-4,14-23,27H2,1-2H3. The number of anilines is 1. The first-order valence-corrected chi connectivity index (χ1v) is 17.9. The van der Waals surface area contributed by atoms with Crippen LogP contribution in [0, 0.1) is 0 Å². The van der Waals surface area contributed by atoms with Crippen LogP contribution in [-0.2, 0) is 11.0 Å². The molecule has 0 bridgehead atoms. The van der Waals surface area contributed by atoms with Crippen LogP contribution in [0.4, 0.5) is 18.9 Å². The predicted octanol–water partition coefficient (Wildman–Crippen LogP) is 5.36. The van der Waals surface area contributed by atoms with Gasteiger partial charge in [-0.15, -0.1) is 0 Å². The largest absolute Gasteiger partial charge is 0.492 e. The molecule has 3 aromatic carbocycles. The number of fused-ring (bicyclic) bond motifs is 1. The average Bonchev–Trinajstić information content (AvgIpc) is 3.59. The smallest absolute Gasteiger partial charge is 0.416 e. The Kier molecular flexibility index (Phi) is 11.7. The van der Waals surface area contributed by atoms with Crippen molar-refractivity contribution in [1.29, 1.82) is 0 Å². The zero-order chi connectivity index (χ0) is 36.8. The van der Waals surface area contributed by atoms with Gasteiger partial charge in [0.05, 0.1) is 12.1 Å². The zero-order valence-electron chi connectivity index (χ0n) is 29.6. The lowest BCUT2D eigenvalue weighted by Gasteiger charge is -2.38. The summed E-state index contributed by atoms with van der Waals surface area (Å²) in [5.41, 5.74) is 1.71. The van der Waals surface area contributed by atoms with Crippen molar-refractivity contribution in [3.8, 4) is 5.75 Å². The summed E-state index contributed by atoms with van der Waals surface area (Å²) in [6.07, 6.45) is -5.41. The Labute approximate surface area is 301 Å². The van der Waals surface area contributed by atoms with Crippen LogP contribution >= 0.6 is 0 Å². The van der Waals surface area contributed by atoms with Crippen LogP contribution in [0.1, 0.15) is 47.2 Å². The van der Waals surface area contributed by atoms with E-state index in [-0.39, 0.29) is 18.0 Å². The van der Waals surface area contributed by atoms with Gasteiger partial charge in [-0.1, -0.05) is 18.2 Å². The third-order valence-corrected chi connectivity index (χ3v) is 9.97. The molecule has 2 aliphatic rings. The fraction of sp³-hybridized carbons (Fsp3) is 0.436. The molecule has 2 fully saturated rings. The fourth-order valence-electron chi connectivity index (χ4n) is 6.80. The lowest BCUT2D eigenvalue weighted by atomic mass is 10.1. The molecule has 1 aromatic heterocycles. The van der Waals surface area contributed by atoms with Crippen molar-refractivity contribution in [3.05, 3.63) is 95.2 Å². The molecule has 0 saturated carbocycles. The zero-order valence-corrected chi connectivity index (χ0v) is 29.6. The lowest BCUT2D eigenvalue weighted by molar-refractivity contribution is -0.137. The van der Waals surface area contributed by atoms with Crippen molar-refractivity contribution in [3.63, 3.8) is 0 Å². The molecule has 4 aromatic rings. The number of piperazine rings is 2. The van der Waals surface area contributed by atoms with Gasteiger partial charge in [-0.3, -0.25) is 19.4 Å². The molecule has 1 unspecified atom stereocenters. The van der Waals surface area contributed by atoms with Crippen LogP contribution in [0.2, 0.25) is 0 Å². The number of furan rings is 1. The maximum atomic E-state index is 13.1. The van der Waals surface area contributed by atoms with Crippen molar-refractivity contribution in [2.75, 3.05) is 90.0 Å². The summed E-state index contributed by atoms with van der Waals surface area (Å²) in [7, 11) is 0. The van der Waals surface area contributed by atoms with Crippen LogP contribution in [0.15, 0.2) is 77.2 Å². The van der Waals surface area contributed by atoms with Gasteiger partial charge < -0.3 is 29.0 Å². The molecule has 0 spiro atoms. The van der Waals surface area contributed by atoms with Gasteiger partial charge in [-0.05, 0) is 67.9 Å². The minimum Gasteiger partial charge on any atom is -0.492 e. The van der Waals surface area contributed by atoms with Gasteiger partial charge in [0, 0.05) is 94.7 Å². The number of aliphatic hydroxyl groups is 1. The van der Waals surface area contributed by atoms with Crippen LogP contribution in [0.5, 0.6) is 5.75 Å². The first kappa shape index (κ1) is 37.2.